The summed E-state index contributed by atoms with van der Waals surface area (Å²) in [7, 11) is 0. The highest BCUT2D eigenvalue weighted by Crippen LogP contribution is 2.24. The van der Waals surface area contributed by atoms with Gasteiger partial charge >= 0.3 is 6.36 Å². The zero-order valence-electron chi connectivity index (χ0n) is 11.2. The lowest BCUT2D eigenvalue weighted by Gasteiger charge is -2.15. The van der Waals surface area contributed by atoms with Gasteiger partial charge in [-0.2, -0.15) is 0 Å². The van der Waals surface area contributed by atoms with Crippen LogP contribution in [0.1, 0.15) is 24.9 Å². The molecule has 0 spiro atoms. The van der Waals surface area contributed by atoms with E-state index in [1.165, 1.54) is 18.4 Å². The standard InChI is InChI=1S/C14H18F3NO2/c1-3-19-10-4-9-18-11(2)12-5-7-13(8-6-12)20-14(15,16)17/h3,5-8,11,18H,1,4,9-10H2,2H3. The summed E-state index contributed by atoms with van der Waals surface area (Å²) in [6.07, 6.45) is -2.44. The van der Waals surface area contributed by atoms with Gasteiger partial charge in [0.2, 0.25) is 0 Å². The molecule has 1 atom stereocenters. The third-order valence-corrected chi connectivity index (χ3v) is 2.62. The summed E-state index contributed by atoms with van der Waals surface area (Å²) in [5.74, 6) is -0.215. The number of hydrogen-bond acceptors (Lipinski definition) is 3. The van der Waals surface area contributed by atoms with E-state index in [0.717, 1.165) is 18.5 Å². The van der Waals surface area contributed by atoms with Crippen LogP contribution in [0.5, 0.6) is 5.75 Å². The number of benzene rings is 1. The van der Waals surface area contributed by atoms with Crippen molar-refractivity contribution in [1.29, 1.82) is 0 Å². The Bertz CT molecular complexity index is 404. The van der Waals surface area contributed by atoms with Crippen molar-refractivity contribution in [3.63, 3.8) is 0 Å². The van der Waals surface area contributed by atoms with Gasteiger partial charge in [0.1, 0.15) is 5.75 Å². The van der Waals surface area contributed by atoms with Crippen molar-refractivity contribution in [3.8, 4) is 5.75 Å². The molecule has 0 amide bonds. The summed E-state index contributed by atoms with van der Waals surface area (Å²) >= 11 is 0. The zero-order valence-corrected chi connectivity index (χ0v) is 11.2. The topological polar surface area (TPSA) is 30.5 Å². The normalized spacial score (nSPS) is 12.8. The summed E-state index contributed by atoms with van der Waals surface area (Å²) < 4.78 is 44.8. The number of nitrogens with one attached hydrogen (secondary N) is 1. The van der Waals surface area contributed by atoms with E-state index in [1.807, 2.05) is 6.92 Å². The molecule has 0 aliphatic heterocycles. The molecule has 3 nitrogen and oxygen atoms in total. The molecule has 112 valence electrons. The average molecular weight is 289 g/mol. The lowest BCUT2D eigenvalue weighted by Crippen LogP contribution is -2.21. The zero-order chi connectivity index (χ0) is 15.0. The molecule has 0 fully saturated rings. The van der Waals surface area contributed by atoms with Crippen molar-refractivity contribution in [2.45, 2.75) is 25.7 Å². The van der Waals surface area contributed by atoms with Gasteiger partial charge in [-0.1, -0.05) is 18.7 Å². The number of rotatable bonds is 8. The fourth-order valence-corrected chi connectivity index (χ4v) is 1.63. The largest absolute Gasteiger partial charge is 0.573 e. The van der Waals surface area contributed by atoms with Crippen molar-refractivity contribution in [1.82, 2.24) is 5.32 Å². The van der Waals surface area contributed by atoms with E-state index in [1.54, 1.807) is 12.1 Å². The first-order chi connectivity index (χ1) is 9.42. The van der Waals surface area contributed by atoms with Gasteiger partial charge in [0.05, 0.1) is 12.9 Å². The van der Waals surface area contributed by atoms with Gasteiger partial charge in [-0.25, -0.2) is 0 Å². The van der Waals surface area contributed by atoms with Crippen LogP contribution in [0.2, 0.25) is 0 Å². The third kappa shape index (κ3) is 6.47. The molecule has 0 heterocycles. The van der Waals surface area contributed by atoms with E-state index in [-0.39, 0.29) is 11.8 Å². The van der Waals surface area contributed by atoms with Gasteiger partial charge in [0.15, 0.2) is 0 Å². The van der Waals surface area contributed by atoms with Gasteiger partial charge < -0.3 is 14.8 Å². The maximum atomic E-state index is 12.0. The molecular formula is C14H18F3NO2. The predicted octanol–water partition coefficient (Wildman–Crippen LogP) is 3.79. The molecule has 0 aromatic heterocycles. The van der Waals surface area contributed by atoms with Gasteiger partial charge in [0.25, 0.3) is 0 Å². The van der Waals surface area contributed by atoms with Crippen LogP contribution < -0.4 is 10.1 Å². The van der Waals surface area contributed by atoms with Crippen LogP contribution in [0.4, 0.5) is 13.2 Å². The van der Waals surface area contributed by atoms with E-state index < -0.39 is 6.36 Å². The van der Waals surface area contributed by atoms with Gasteiger partial charge in [-0.3, -0.25) is 0 Å². The molecule has 0 saturated heterocycles. The summed E-state index contributed by atoms with van der Waals surface area (Å²) in [6, 6.07) is 5.88. The van der Waals surface area contributed by atoms with Crippen LogP contribution >= 0.6 is 0 Å². The molecule has 0 saturated carbocycles. The molecule has 0 radical (unpaired) electrons. The van der Waals surface area contributed by atoms with E-state index in [9.17, 15) is 13.2 Å². The molecule has 0 aliphatic rings. The lowest BCUT2D eigenvalue weighted by molar-refractivity contribution is -0.274. The Morgan fingerprint density at radius 2 is 1.95 bits per heavy atom. The van der Waals surface area contributed by atoms with Crippen LogP contribution in [-0.2, 0) is 4.74 Å². The SMILES string of the molecule is C=COCCCNC(C)c1ccc(OC(F)(F)F)cc1. The van der Waals surface area contributed by atoms with Crippen molar-refractivity contribution in [2.75, 3.05) is 13.2 Å². The van der Waals surface area contributed by atoms with Crippen molar-refractivity contribution < 1.29 is 22.6 Å². The maximum absolute atomic E-state index is 12.0. The minimum Gasteiger partial charge on any atom is -0.502 e. The second kappa shape index (κ2) is 7.79. The van der Waals surface area contributed by atoms with Crippen LogP contribution in [-0.4, -0.2) is 19.5 Å². The molecule has 1 unspecified atom stereocenters. The highest BCUT2D eigenvalue weighted by molar-refractivity contribution is 5.29. The second-order valence-electron chi connectivity index (χ2n) is 4.18. The van der Waals surface area contributed by atoms with Gasteiger partial charge in [0, 0.05) is 6.04 Å². The Labute approximate surface area is 116 Å². The quantitative estimate of drug-likeness (QED) is 0.583. The molecule has 0 aliphatic carbocycles. The number of halogens is 3. The number of ether oxygens (including phenoxy) is 2. The van der Waals surface area contributed by atoms with E-state index >= 15 is 0 Å². The number of alkyl halides is 3. The van der Waals surface area contributed by atoms with E-state index in [0.29, 0.717) is 6.61 Å². The lowest BCUT2D eigenvalue weighted by atomic mass is 10.1. The van der Waals surface area contributed by atoms with Gasteiger partial charge in [-0.15, -0.1) is 13.2 Å². The fourth-order valence-electron chi connectivity index (χ4n) is 1.63. The summed E-state index contributed by atoms with van der Waals surface area (Å²) in [5, 5.41) is 3.25. The molecule has 1 aromatic rings. The molecule has 6 heteroatoms. The van der Waals surface area contributed by atoms with E-state index in [4.69, 9.17) is 4.74 Å². The van der Waals surface area contributed by atoms with Gasteiger partial charge in [-0.05, 0) is 37.6 Å². The highest BCUT2D eigenvalue weighted by Gasteiger charge is 2.30. The van der Waals surface area contributed by atoms with Crippen molar-refractivity contribution in [2.24, 2.45) is 0 Å². The Kier molecular flexibility index (Phi) is 6.38. The second-order valence-corrected chi connectivity index (χ2v) is 4.18. The summed E-state index contributed by atoms with van der Waals surface area (Å²) in [6.45, 7) is 6.71. The first-order valence-electron chi connectivity index (χ1n) is 6.24. The molecule has 1 rings (SSSR count). The predicted molar refractivity (Wildman–Crippen MR) is 70.3 cm³/mol. The minimum atomic E-state index is -4.66. The Hall–Kier alpha value is -1.69. The fraction of sp³-hybridized carbons (Fsp3) is 0.429. The molecule has 1 aromatic carbocycles. The van der Waals surface area contributed by atoms with Crippen molar-refractivity contribution >= 4 is 0 Å². The summed E-state index contributed by atoms with van der Waals surface area (Å²) in [4.78, 5) is 0. The monoisotopic (exact) mass is 289 g/mol. The third-order valence-electron chi connectivity index (χ3n) is 2.62. The van der Waals surface area contributed by atoms with Crippen LogP contribution in [0.25, 0.3) is 0 Å². The van der Waals surface area contributed by atoms with Crippen LogP contribution in [0, 0.1) is 0 Å². The Morgan fingerprint density at radius 1 is 1.30 bits per heavy atom. The summed E-state index contributed by atoms with van der Waals surface area (Å²) in [5.41, 5.74) is 0.893. The smallest absolute Gasteiger partial charge is 0.502 e. The maximum Gasteiger partial charge on any atom is 0.573 e. The Morgan fingerprint density at radius 3 is 2.50 bits per heavy atom. The van der Waals surface area contributed by atoms with Crippen LogP contribution in [0.15, 0.2) is 37.1 Å². The average Bonchev–Trinajstić information content (AvgIpc) is 2.37. The molecular weight excluding hydrogens is 271 g/mol. The van der Waals surface area contributed by atoms with Crippen molar-refractivity contribution in [3.05, 3.63) is 42.7 Å². The first-order valence-corrected chi connectivity index (χ1v) is 6.24. The highest BCUT2D eigenvalue weighted by atomic mass is 19.4. The first kappa shape index (κ1) is 16.4. The molecule has 20 heavy (non-hydrogen) atoms. The van der Waals surface area contributed by atoms with Crippen LogP contribution in [0.3, 0.4) is 0 Å². The Balaban J connectivity index is 2.41. The minimum absolute atomic E-state index is 0.0404. The molecule has 0 bridgehead atoms. The molecule has 1 N–H and O–H groups in total. The van der Waals surface area contributed by atoms with E-state index in [2.05, 4.69) is 16.6 Å². The number of hydrogen-bond donors (Lipinski definition) is 1.